The van der Waals surface area contributed by atoms with Gasteiger partial charge in [-0.15, -0.1) is 0 Å². The molecule has 1 unspecified atom stereocenters. The Hall–Kier alpha value is -2.69. The lowest BCUT2D eigenvalue weighted by atomic mass is 9.98. The Kier molecular flexibility index (Phi) is 7.63. The third-order valence-corrected chi connectivity index (χ3v) is 3.85. The van der Waals surface area contributed by atoms with Gasteiger partial charge in [0.15, 0.2) is 0 Å². The van der Waals surface area contributed by atoms with Crippen molar-refractivity contribution >= 4 is 6.09 Å². The SMILES string of the molecule is COc1ccc(OCCNC(=O)OCCC(C)c2ccccc2)cc1. The molecule has 0 spiro atoms. The maximum atomic E-state index is 11.7. The van der Waals surface area contributed by atoms with Crippen molar-refractivity contribution in [3.63, 3.8) is 0 Å². The standard InChI is InChI=1S/C20H25NO4/c1-16(17-6-4-3-5-7-17)12-14-25-20(22)21-13-15-24-19-10-8-18(23-2)9-11-19/h3-11,16H,12-15H2,1-2H3,(H,21,22). The van der Waals surface area contributed by atoms with Crippen molar-refractivity contribution in [2.75, 3.05) is 26.9 Å². The van der Waals surface area contributed by atoms with Gasteiger partial charge >= 0.3 is 6.09 Å². The molecule has 0 saturated heterocycles. The Bertz CT molecular complexity index is 628. The van der Waals surface area contributed by atoms with Gasteiger partial charge in [-0.3, -0.25) is 0 Å². The van der Waals surface area contributed by atoms with Crippen LogP contribution in [0.25, 0.3) is 0 Å². The number of hydrogen-bond acceptors (Lipinski definition) is 4. The molecule has 2 aromatic carbocycles. The number of carbonyl (C=O) groups is 1. The maximum absolute atomic E-state index is 11.7. The zero-order valence-electron chi connectivity index (χ0n) is 14.7. The molecule has 1 atom stereocenters. The van der Waals surface area contributed by atoms with Crippen LogP contribution in [0.15, 0.2) is 54.6 Å². The summed E-state index contributed by atoms with van der Waals surface area (Å²) in [7, 11) is 1.62. The predicted octanol–water partition coefficient (Wildman–Crippen LogP) is 3.99. The molecular weight excluding hydrogens is 318 g/mol. The molecule has 0 heterocycles. The largest absolute Gasteiger partial charge is 0.497 e. The van der Waals surface area contributed by atoms with E-state index in [1.54, 1.807) is 7.11 Å². The first-order valence-corrected chi connectivity index (χ1v) is 8.41. The van der Waals surface area contributed by atoms with Crippen molar-refractivity contribution in [3.05, 3.63) is 60.2 Å². The monoisotopic (exact) mass is 343 g/mol. The predicted molar refractivity (Wildman–Crippen MR) is 97.3 cm³/mol. The van der Waals surface area contributed by atoms with E-state index in [1.165, 1.54) is 5.56 Å². The highest BCUT2D eigenvalue weighted by Gasteiger charge is 2.07. The van der Waals surface area contributed by atoms with E-state index < -0.39 is 6.09 Å². The second-order valence-electron chi connectivity index (χ2n) is 5.69. The van der Waals surface area contributed by atoms with Crippen molar-refractivity contribution in [1.29, 1.82) is 0 Å². The van der Waals surface area contributed by atoms with Gasteiger partial charge in [-0.05, 0) is 42.2 Å². The van der Waals surface area contributed by atoms with Gasteiger partial charge in [0.1, 0.15) is 18.1 Å². The summed E-state index contributed by atoms with van der Waals surface area (Å²) < 4.78 is 15.8. The second kappa shape index (κ2) is 10.2. The molecule has 0 saturated carbocycles. The van der Waals surface area contributed by atoms with Crippen molar-refractivity contribution in [3.8, 4) is 11.5 Å². The maximum Gasteiger partial charge on any atom is 0.407 e. The van der Waals surface area contributed by atoms with Crippen LogP contribution in [0.2, 0.25) is 0 Å². The van der Waals surface area contributed by atoms with Crippen LogP contribution >= 0.6 is 0 Å². The zero-order chi connectivity index (χ0) is 17.9. The van der Waals surface area contributed by atoms with E-state index >= 15 is 0 Å². The molecule has 0 fully saturated rings. The smallest absolute Gasteiger partial charge is 0.407 e. The average Bonchev–Trinajstić information content (AvgIpc) is 2.66. The van der Waals surface area contributed by atoms with Gasteiger partial charge in [-0.25, -0.2) is 4.79 Å². The van der Waals surface area contributed by atoms with Crippen LogP contribution in [-0.4, -0.2) is 33.0 Å². The van der Waals surface area contributed by atoms with E-state index in [-0.39, 0.29) is 0 Å². The number of hydrogen-bond donors (Lipinski definition) is 1. The molecule has 2 rings (SSSR count). The molecule has 0 aromatic heterocycles. The Morgan fingerprint density at radius 1 is 1.00 bits per heavy atom. The molecular formula is C20H25NO4. The molecule has 25 heavy (non-hydrogen) atoms. The molecule has 0 bridgehead atoms. The van der Waals surface area contributed by atoms with Gasteiger partial charge in [0.05, 0.1) is 20.3 Å². The number of amides is 1. The van der Waals surface area contributed by atoms with E-state index in [0.717, 1.165) is 17.9 Å². The first-order valence-electron chi connectivity index (χ1n) is 8.41. The molecule has 2 aromatic rings. The third-order valence-electron chi connectivity index (χ3n) is 3.85. The summed E-state index contributed by atoms with van der Waals surface area (Å²) in [6.45, 7) is 3.28. The number of alkyl carbamates (subject to hydrolysis) is 1. The molecule has 0 aliphatic rings. The lowest BCUT2D eigenvalue weighted by molar-refractivity contribution is 0.141. The zero-order valence-corrected chi connectivity index (χ0v) is 14.7. The Balaban J connectivity index is 1.56. The van der Waals surface area contributed by atoms with Gasteiger partial charge in [-0.1, -0.05) is 37.3 Å². The van der Waals surface area contributed by atoms with Gasteiger partial charge in [0.2, 0.25) is 0 Å². The Morgan fingerprint density at radius 3 is 2.36 bits per heavy atom. The van der Waals surface area contributed by atoms with Crippen LogP contribution in [0.5, 0.6) is 11.5 Å². The van der Waals surface area contributed by atoms with Crippen molar-refractivity contribution < 1.29 is 19.0 Å². The van der Waals surface area contributed by atoms with E-state index in [2.05, 4.69) is 24.4 Å². The molecule has 5 heteroatoms. The third kappa shape index (κ3) is 6.75. The molecule has 0 aliphatic heterocycles. The lowest BCUT2D eigenvalue weighted by Crippen LogP contribution is -2.29. The Morgan fingerprint density at radius 2 is 1.68 bits per heavy atom. The van der Waals surface area contributed by atoms with Crippen molar-refractivity contribution in [1.82, 2.24) is 5.32 Å². The number of carbonyl (C=O) groups excluding carboxylic acids is 1. The number of nitrogens with one attached hydrogen (secondary N) is 1. The molecule has 1 amide bonds. The van der Waals surface area contributed by atoms with Crippen molar-refractivity contribution in [2.45, 2.75) is 19.3 Å². The summed E-state index contributed by atoms with van der Waals surface area (Å²) in [6.07, 6.45) is 0.373. The topological polar surface area (TPSA) is 56.8 Å². The van der Waals surface area contributed by atoms with Gasteiger partial charge in [0, 0.05) is 0 Å². The molecule has 1 N–H and O–H groups in total. The van der Waals surface area contributed by atoms with Gasteiger partial charge in [-0.2, -0.15) is 0 Å². The fraction of sp³-hybridized carbons (Fsp3) is 0.350. The summed E-state index contributed by atoms with van der Waals surface area (Å²) in [6, 6.07) is 17.5. The van der Waals surface area contributed by atoms with Crippen LogP contribution in [-0.2, 0) is 4.74 Å². The first kappa shape index (κ1) is 18.6. The number of rotatable bonds is 9. The number of benzene rings is 2. The summed E-state index contributed by atoms with van der Waals surface area (Å²) in [5, 5.41) is 2.68. The highest BCUT2D eigenvalue weighted by Crippen LogP contribution is 2.18. The van der Waals surface area contributed by atoms with Crippen LogP contribution in [0.1, 0.15) is 24.8 Å². The highest BCUT2D eigenvalue weighted by molar-refractivity contribution is 5.67. The second-order valence-corrected chi connectivity index (χ2v) is 5.69. The molecule has 5 nitrogen and oxygen atoms in total. The fourth-order valence-electron chi connectivity index (χ4n) is 2.32. The summed E-state index contributed by atoms with van der Waals surface area (Å²) >= 11 is 0. The number of methoxy groups -OCH3 is 1. The van der Waals surface area contributed by atoms with Crippen LogP contribution in [0, 0.1) is 0 Å². The molecule has 0 aliphatic carbocycles. The normalized spacial score (nSPS) is 11.4. The van der Waals surface area contributed by atoms with E-state index in [1.807, 2.05) is 42.5 Å². The highest BCUT2D eigenvalue weighted by atomic mass is 16.5. The van der Waals surface area contributed by atoms with Crippen LogP contribution in [0.4, 0.5) is 4.79 Å². The quantitative estimate of drug-likeness (QED) is 0.699. The first-order chi connectivity index (χ1) is 12.2. The van der Waals surface area contributed by atoms with E-state index in [9.17, 15) is 4.79 Å². The van der Waals surface area contributed by atoms with E-state index in [0.29, 0.717) is 25.7 Å². The summed E-state index contributed by atoms with van der Waals surface area (Å²) in [5.41, 5.74) is 1.25. The van der Waals surface area contributed by atoms with Crippen LogP contribution in [0.3, 0.4) is 0 Å². The minimum Gasteiger partial charge on any atom is -0.497 e. The molecule has 134 valence electrons. The van der Waals surface area contributed by atoms with Crippen LogP contribution < -0.4 is 14.8 Å². The minimum absolute atomic E-state index is 0.354. The summed E-state index contributed by atoms with van der Waals surface area (Å²) in [5.74, 6) is 1.86. The fourth-order valence-corrected chi connectivity index (χ4v) is 2.32. The lowest BCUT2D eigenvalue weighted by Gasteiger charge is -2.12. The molecule has 0 radical (unpaired) electrons. The summed E-state index contributed by atoms with van der Waals surface area (Å²) in [4.78, 5) is 11.7. The van der Waals surface area contributed by atoms with E-state index in [4.69, 9.17) is 14.2 Å². The van der Waals surface area contributed by atoms with Crippen molar-refractivity contribution in [2.24, 2.45) is 0 Å². The van der Waals surface area contributed by atoms with Gasteiger partial charge < -0.3 is 19.5 Å². The van der Waals surface area contributed by atoms with Gasteiger partial charge in [0.25, 0.3) is 0 Å². The average molecular weight is 343 g/mol. The minimum atomic E-state index is -0.418. The number of ether oxygens (including phenoxy) is 3. The Labute approximate surface area is 148 Å².